The molecule has 8 heteroatoms. The minimum absolute atomic E-state index is 0.0607. The number of carbonyl (C=O) groups excluding carboxylic acids is 1. The lowest BCUT2D eigenvalue weighted by Crippen LogP contribution is -2.48. The van der Waals surface area contributed by atoms with Crippen molar-refractivity contribution >= 4 is 33.1 Å². The molecular formula is C19H20N4O3S. The third-order valence-corrected chi connectivity index (χ3v) is 6.18. The molecule has 0 unspecified atom stereocenters. The van der Waals surface area contributed by atoms with Crippen LogP contribution in [0.3, 0.4) is 0 Å². The highest BCUT2D eigenvalue weighted by Gasteiger charge is 2.27. The number of rotatable bonds is 2. The number of phenols is 1. The Morgan fingerprint density at radius 2 is 1.89 bits per heavy atom. The fraction of sp³-hybridized carbons (Fsp3) is 0.316. The number of fused-ring (bicyclic) bond motifs is 1. The Morgan fingerprint density at radius 3 is 2.59 bits per heavy atom. The average Bonchev–Trinajstić information content (AvgIpc) is 3.02. The van der Waals surface area contributed by atoms with E-state index in [1.54, 1.807) is 24.1 Å². The lowest BCUT2D eigenvalue weighted by atomic mass is 10.2. The maximum absolute atomic E-state index is 13.0. The van der Waals surface area contributed by atoms with Crippen LogP contribution < -0.4 is 10.5 Å². The first-order valence-electron chi connectivity index (χ1n) is 8.74. The predicted octanol–water partition coefficient (Wildman–Crippen LogP) is 1.97. The van der Waals surface area contributed by atoms with Gasteiger partial charge in [-0.3, -0.25) is 9.59 Å². The van der Waals surface area contributed by atoms with E-state index in [1.165, 1.54) is 22.2 Å². The molecule has 2 aromatic heterocycles. The summed E-state index contributed by atoms with van der Waals surface area (Å²) in [4.78, 5) is 34.7. The van der Waals surface area contributed by atoms with Crippen LogP contribution in [-0.2, 0) is 7.05 Å². The van der Waals surface area contributed by atoms with Crippen molar-refractivity contribution < 1.29 is 9.90 Å². The second kappa shape index (κ2) is 6.70. The van der Waals surface area contributed by atoms with Crippen molar-refractivity contribution in [2.75, 3.05) is 31.1 Å². The molecule has 0 atom stereocenters. The van der Waals surface area contributed by atoms with Crippen LogP contribution in [0.5, 0.6) is 5.75 Å². The van der Waals surface area contributed by atoms with E-state index in [4.69, 9.17) is 0 Å². The number of nitrogens with zero attached hydrogens (tertiary/aromatic N) is 4. The SMILES string of the molecule is Cc1c(C(=O)N2CCN(c3ccccc3O)CC2)sc2ncn(C)c(=O)c12. The molecule has 0 radical (unpaired) electrons. The standard InChI is InChI=1S/C19H20N4O3S/c1-12-15-17(20-11-21(2)18(15)25)27-16(12)19(26)23-9-7-22(8-10-23)13-5-3-4-6-14(13)24/h3-6,11,24H,7-10H2,1-2H3. The summed E-state index contributed by atoms with van der Waals surface area (Å²) in [6.45, 7) is 4.23. The molecule has 1 aliphatic heterocycles. The summed E-state index contributed by atoms with van der Waals surface area (Å²) < 4.78 is 1.43. The van der Waals surface area contributed by atoms with Crippen LogP contribution in [0.4, 0.5) is 5.69 Å². The third kappa shape index (κ3) is 2.95. The third-order valence-electron chi connectivity index (χ3n) is 4.99. The summed E-state index contributed by atoms with van der Waals surface area (Å²) >= 11 is 1.28. The lowest BCUT2D eigenvalue weighted by Gasteiger charge is -2.36. The molecule has 1 amide bonds. The summed E-state index contributed by atoms with van der Waals surface area (Å²) in [6.07, 6.45) is 1.49. The lowest BCUT2D eigenvalue weighted by molar-refractivity contribution is 0.0751. The highest BCUT2D eigenvalue weighted by molar-refractivity contribution is 7.20. The van der Waals surface area contributed by atoms with Gasteiger partial charge in [0.1, 0.15) is 10.6 Å². The van der Waals surface area contributed by atoms with Gasteiger partial charge in [0.25, 0.3) is 11.5 Å². The monoisotopic (exact) mass is 384 g/mol. The van der Waals surface area contributed by atoms with E-state index in [9.17, 15) is 14.7 Å². The molecule has 1 N–H and O–H groups in total. The Hall–Kier alpha value is -2.87. The average molecular weight is 384 g/mol. The van der Waals surface area contributed by atoms with Gasteiger partial charge in [0.15, 0.2) is 0 Å². The topological polar surface area (TPSA) is 78.7 Å². The second-order valence-corrected chi connectivity index (χ2v) is 7.66. The minimum Gasteiger partial charge on any atom is -0.506 e. The van der Waals surface area contributed by atoms with Crippen LogP contribution in [-0.4, -0.2) is 51.6 Å². The molecule has 1 aliphatic rings. The molecule has 7 nitrogen and oxygen atoms in total. The molecule has 140 valence electrons. The molecule has 0 saturated carbocycles. The highest BCUT2D eigenvalue weighted by Crippen LogP contribution is 2.30. The summed E-state index contributed by atoms with van der Waals surface area (Å²) in [5.41, 5.74) is 1.37. The van der Waals surface area contributed by atoms with Gasteiger partial charge < -0.3 is 19.5 Å². The number of aryl methyl sites for hydroxylation is 2. The van der Waals surface area contributed by atoms with Gasteiger partial charge in [-0.15, -0.1) is 11.3 Å². The molecule has 3 aromatic rings. The smallest absolute Gasteiger partial charge is 0.264 e. The summed E-state index contributed by atoms with van der Waals surface area (Å²) in [5.74, 6) is 0.189. The number of anilines is 1. The molecule has 0 spiro atoms. The summed E-state index contributed by atoms with van der Waals surface area (Å²) in [6, 6.07) is 7.23. The zero-order chi connectivity index (χ0) is 19.1. The Kier molecular flexibility index (Phi) is 4.35. The van der Waals surface area contributed by atoms with Crippen molar-refractivity contribution in [2.45, 2.75) is 6.92 Å². The van der Waals surface area contributed by atoms with Crippen molar-refractivity contribution in [1.82, 2.24) is 14.5 Å². The Labute approximate surface area is 160 Å². The van der Waals surface area contributed by atoms with E-state index in [-0.39, 0.29) is 17.2 Å². The number of benzene rings is 1. The molecule has 1 aromatic carbocycles. The van der Waals surface area contributed by atoms with Crippen molar-refractivity contribution in [3.63, 3.8) is 0 Å². The highest BCUT2D eigenvalue weighted by atomic mass is 32.1. The molecule has 1 fully saturated rings. The predicted molar refractivity (Wildman–Crippen MR) is 106 cm³/mol. The fourth-order valence-corrected chi connectivity index (χ4v) is 4.55. The van der Waals surface area contributed by atoms with Crippen LogP contribution in [0.15, 0.2) is 35.4 Å². The number of carbonyl (C=O) groups is 1. The van der Waals surface area contributed by atoms with Crippen molar-refractivity contribution in [1.29, 1.82) is 0 Å². The van der Waals surface area contributed by atoms with Gasteiger partial charge in [-0.25, -0.2) is 4.98 Å². The van der Waals surface area contributed by atoms with Crippen LogP contribution in [0.2, 0.25) is 0 Å². The van der Waals surface area contributed by atoms with Crippen molar-refractivity contribution in [3.05, 3.63) is 51.4 Å². The number of hydrogen-bond donors (Lipinski definition) is 1. The quantitative estimate of drug-likeness (QED) is 0.731. The van der Waals surface area contributed by atoms with Gasteiger partial charge in [-0.05, 0) is 24.6 Å². The number of para-hydroxylation sites is 2. The molecule has 0 aliphatic carbocycles. The van der Waals surface area contributed by atoms with Gasteiger partial charge in [0.05, 0.1) is 22.3 Å². The van der Waals surface area contributed by atoms with E-state index in [1.807, 2.05) is 19.1 Å². The van der Waals surface area contributed by atoms with E-state index in [2.05, 4.69) is 9.88 Å². The maximum atomic E-state index is 13.0. The van der Waals surface area contributed by atoms with E-state index < -0.39 is 0 Å². The van der Waals surface area contributed by atoms with Gasteiger partial charge in [0.2, 0.25) is 0 Å². The molecule has 4 rings (SSSR count). The van der Waals surface area contributed by atoms with Crippen LogP contribution in [0.25, 0.3) is 10.2 Å². The van der Waals surface area contributed by atoms with Gasteiger partial charge in [-0.2, -0.15) is 0 Å². The van der Waals surface area contributed by atoms with Gasteiger partial charge in [0, 0.05) is 33.2 Å². The first kappa shape index (κ1) is 17.5. The fourth-order valence-electron chi connectivity index (χ4n) is 3.44. The molecule has 1 saturated heterocycles. The zero-order valence-electron chi connectivity index (χ0n) is 15.2. The first-order chi connectivity index (χ1) is 13.0. The van der Waals surface area contributed by atoms with Gasteiger partial charge in [-0.1, -0.05) is 12.1 Å². The normalized spacial score (nSPS) is 14.7. The second-order valence-electron chi connectivity index (χ2n) is 6.66. The largest absolute Gasteiger partial charge is 0.506 e. The summed E-state index contributed by atoms with van der Waals surface area (Å²) in [5, 5.41) is 10.6. The Balaban J connectivity index is 1.56. The molecule has 27 heavy (non-hydrogen) atoms. The first-order valence-corrected chi connectivity index (χ1v) is 9.56. The minimum atomic E-state index is -0.128. The van der Waals surface area contributed by atoms with Gasteiger partial charge >= 0.3 is 0 Å². The number of phenolic OH excluding ortho intramolecular Hbond substituents is 1. The number of hydrogen-bond acceptors (Lipinski definition) is 6. The number of thiophene rings is 1. The van der Waals surface area contributed by atoms with Crippen LogP contribution >= 0.6 is 11.3 Å². The van der Waals surface area contributed by atoms with Crippen LogP contribution in [0.1, 0.15) is 15.2 Å². The van der Waals surface area contributed by atoms with E-state index in [0.717, 1.165) is 5.69 Å². The molecule has 0 bridgehead atoms. The number of amides is 1. The number of aromatic hydroxyl groups is 1. The summed E-state index contributed by atoms with van der Waals surface area (Å²) in [7, 11) is 1.66. The number of aromatic nitrogens is 2. The maximum Gasteiger partial charge on any atom is 0.264 e. The van der Waals surface area contributed by atoms with E-state index in [0.29, 0.717) is 46.8 Å². The number of piperazine rings is 1. The Bertz CT molecular complexity index is 1080. The van der Waals surface area contributed by atoms with Crippen molar-refractivity contribution in [3.8, 4) is 5.75 Å². The zero-order valence-corrected chi connectivity index (χ0v) is 16.0. The molecule has 3 heterocycles. The van der Waals surface area contributed by atoms with Crippen molar-refractivity contribution in [2.24, 2.45) is 7.05 Å². The van der Waals surface area contributed by atoms with E-state index >= 15 is 0 Å². The molecular weight excluding hydrogens is 364 g/mol. The van der Waals surface area contributed by atoms with Crippen LogP contribution in [0, 0.1) is 6.92 Å². The Morgan fingerprint density at radius 1 is 1.19 bits per heavy atom.